The summed E-state index contributed by atoms with van der Waals surface area (Å²) in [5.74, 6) is 0. The lowest BCUT2D eigenvalue weighted by Crippen LogP contribution is -2.24. The van der Waals surface area contributed by atoms with Crippen LogP contribution in [0.5, 0.6) is 0 Å². The van der Waals surface area contributed by atoms with Gasteiger partial charge in [-0.3, -0.25) is 0 Å². The number of nitrogens with zero attached hydrogens (tertiary/aromatic N) is 1. The smallest absolute Gasteiger partial charge is 0.0991 e. The van der Waals surface area contributed by atoms with Gasteiger partial charge in [0.25, 0.3) is 0 Å². The Morgan fingerprint density at radius 2 is 1.95 bits per heavy atom. The SMILES string of the molecule is CC(O)(Cc1ccc(Cl)cc1Cl)c1cccc(C#N)c1. The van der Waals surface area contributed by atoms with Crippen molar-refractivity contribution in [3.8, 4) is 6.07 Å². The molecular formula is C16H13Cl2NO. The molecule has 0 saturated heterocycles. The minimum absolute atomic E-state index is 0.345. The molecule has 1 unspecified atom stereocenters. The number of benzene rings is 2. The molecule has 2 aromatic rings. The molecule has 0 amide bonds. The fraction of sp³-hybridized carbons (Fsp3) is 0.188. The monoisotopic (exact) mass is 305 g/mol. The summed E-state index contributed by atoms with van der Waals surface area (Å²) in [5.41, 5.74) is 0.903. The van der Waals surface area contributed by atoms with Crippen molar-refractivity contribution in [2.45, 2.75) is 18.9 Å². The Hall–Kier alpha value is -1.53. The van der Waals surface area contributed by atoms with E-state index in [4.69, 9.17) is 28.5 Å². The van der Waals surface area contributed by atoms with Gasteiger partial charge in [0, 0.05) is 16.5 Å². The summed E-state index contributed by atoms with van der Waals surface area (Å²) in [6.45, 7) is 1.70. The maximum atomic E-state index is 10.7. The van der Waals surface area contributed by atoms with Crippen LogP contribution in [0.2, 0.25) is 10.0 Å². The lowest BCUT2D eigenvalue weighted by Gasteiger charge is -2.24. The largest absolute Gasteiger partial charge is 0.385 e. The second-order valence-electron chi connectivity index (χ2n) is 4.88. The molecule has 1 atom stereocenters. The number of aliphatic hydroxyl groups is 1. The first-order chi connectivity index (χ1) is 9.42. The molecule has 0 aliphatic rings. The molecule has 1 N–H and O–H groups in total. The Bertz CT molecular complexity index is 674. The summed E-state index contributed by atoms with van der Waals surface area (Å²) in [7, 11) is 0. The fourth-order valence-electron chi connectivity index (χ4n) is 2.06. The minimum atomic E-state index is -1.11. The van der Waals surface area contributed by atoms with Gasteiger partial charge in [-0.15, -0.1) is 0 Å². The Balaban J connectivity index is 2.32. The predicted molar refractivity (Wildman–Crippen MR) is 80.9 cm³/mol. The zero-order chi connectivity index (χ0) is 14.8. The van der Waals surface area contributed by atoms with Crippen LogP contribution < -0.4 is 0 Å². The van der Waals surface area contributed by atoms with E-state index in [-0.39, 0.29) is 0 Å². The van der Waals surface area contributed by atoms with Gasteiger partial charge in [-0.05, 0) is 42.3 Å². The molecule has 20 heavy (non-hydrogen) atoms. The van der Waals surface area contributed by atoms with E-state index >= 15 is 0 Å². The Kier molecular flexibility index (Phi) is 4.35. The second-order valence-corrected chi connectivity index (χ2v) is 5.72. The first kappa shape index (κ1) is 14.9. The van der Waals surface area contributed by atoms with Gasteiger partial charge in [0.05, 0.1) is 17.2 Å². The molecular weight excluding hydrogens is 293 g/mol. The lowest BCUT2D eigenvalue weighted by atomic mass is 9.88. The third kappa shape index (κ3) is 3.32. The molecule has 0 spiro atoms. The van der Waals surface area contributed by atoms with Gasteiger partial charge >= 0.3 is 0 Å². The van der Waals surface area contributed by atoms with Crippen molar-refractivity contribution in [2.75, 3.05) is 0 Å². The number of hydrogen-bond donors (Lipinski definition) is 1. The van der Waals surface area contributed by atoms with Crippen LogP contribution in [0.15, 0.2) is 42.5 Å². The predicted octanol–water partition coefficient (Wildman–Crippen LogP) is 4.32. The van der Waals surface area contributed by atoms with Crippen LogP contribution in [0, 0.1) is 11.3 Å². The Labute approximate surface area is 128 Å². The summed E-state index contributed by atoms with van der Waals surface area (Å²) in [4.78, 5) is 0. The Morgan fingerprint density at radius 3 is 2.60 bits per heavy atom. The van der Waals surface area contributed by atoms with E-state index < -0.39 is 5.60 Å². The molecule has 0 fully saturated rings. The summed E-state index contributed by atoms with van der Waals surface area (Å²) >= 11 is 12.0. The van der Waals surface area contributed by atoms with E-state index in [1.54, 1.807) is 49.4 Å². The van der Waals surface area contributed by atoms with Crippen molar-refractivity contribution in [2.24, 2.45) is 0 Å². The highest BCUT2D eigenvalue weighted by molar-refractivity contribution is 6.35. The number of halogens is 2. The Morgan fingerprint density at radius 1 is 1.20 bits per heavy atom. The van der Waals surface area contributed by atoms with Crippen LogP contribution in [-0.2, 0) is 12.0 Å². The van der Waals surface area contributed by atoms with E-state index in [9.17, 15) is 5.11 Å². The van der Waals surface area contributed by atoms with E-state index in [0.717, 1.165) is 5.56 Å². The molecule has 0 radical (unpaired) electrons. The number of nitriles is 1. The first-order valence-electron chi connectivity index (χ1n) is 6.09. The summed E-state index contributed by atoms with van der Waals surface area (Å²) < 4.78 is 0. The molecule has 0 saturated carbocycles. The highest BCUT2D eigenvalue weighted by atomic mass is 35.5. The zero-order valence-electron chi connectivity index (χ0n) is 10.9. The van der Waals surface area contributed by atoms with Crippen LogP contribution >= 0.6 is 23.2 Å². The van der Waals surface area contributed by atoms with Gasteiger partial charge in [0.15, 0.2) is 0 Å². The number of rotatable bonds is 3. The molecule has 2 aromatic carbocycles. The third-order valence-corrected chi connectivity index (χ3v) is 3.75. The van der Waals surface area contributed by atoms with Crippen LogP contribution in [0.25, 0.3) is 0 Å². The summed E-state index contributed by atoms with van der Waals surface area (Å²) in [5, 5.41) is 20.7. The highest BCUT2D eigenvalue weighted by Crippen LogP contribution is 2.30. The van der Waals surface area contributed by atoms with Crippen LogP contribution in [-0.4, -0.2) is 5.11 Å². The van der Waals surface area contributed by atoms with E-state index in [1.165, 1.54) is 0 Å². The standard InChI is InChI=1S/C16H13Cl2NO/c1-16(20,13-4-2-3-11(7-13)10-19)9-12-5-6-14(17)8-15(12)18/h2-8,20H,9H2,1H3. The average molecular weight is 306 g/mol. The topological polar surface area (TPSA) is 44.0 Å². The molecule has 0 aliphatic carbocycles. The van der Waals surface area contributed by atoms with Gasteiger partial charge in [-0.1, -0.05) is 41.4 Å². The van der Waals surface area contributed by atoms with Gasteiger partial charge in [-0.25, -0.2) is 0 Å². The van der Waals surface area contributed by atoms with Gasteiger partial charge in [0.1, 0.15) is 0 Å². The van der Waals surface area contributed by atoms with Crippen molar-refractivity contribution in [3.63, 3.8) is 0 Å². The normalized spacial score (nSPS) is 13.6. The van der Waals surface area contributed by atoms with Crippen LogP contribution in [0.4, 0.5) is 0 Å². The molecule has 0 bridgehead atoms. The van der Waals surface area contributed by atoms with E-state index in [0.29, 0.717) is 27.6 Å². The van der Waals surface area contributed by atoms with Crippen LogP contribution in [0.1, 0.15) is 23.6 Å². The second kappa shape index (κ2) is 5.85. The van der Waals surface area contributed by atoms with Gasteiger partial charge < -0.3 is 5.11 Å². The van der Waals surface area contributed by atoms with Crippen molar-refractivity contribution < 1.29 is 5.11 Å². The molecule has 4 heteroatoms. The summed E-state index contributed by atoms with van der Waals surface area (Å²) in [6.07, 6.45) is 0.345. The molecule has 0 aromatic heterocycles. The van der Waals surface area contributed by atoms with Crippen molar-refractivity contribution >= 4 is 23.2 Å². The van der Waals surface area contributed by atoms with Crippen molar-refractivity contribution in [1.82, 2.24) is 0 Å². The quantitative estimate of drug-likeness (QED) is 0.918. The average Bonchev–Trinajstić information content (AvgIpc) is 2.42. The molecule has 0 heterocycles. The van der Waals surface area contributed by atoms with E-state index in [2.05, 4.69) is 6.07 Å². The zero-order valence-corrected chi connectivity index (χ0v) is 12.4. The number of hydrogen-bond acceptors (Lipinski definition) is 2. The third-order valence-electron chi connectivity index (χ3n) is 3.16. The molecule has 0 aliphatic heterocycles. The maximum Gasteiger partial charge on any atom is 0.0991 e. The van der Waals surface area contributed by atoms with Crippen molar-refractivity contribution in [3.05, 3.63) is 69.2 Å². The fourth-order valence-corrected chi connectivity index (χ4v) is 2.54. The molecule has 2 rings (SSSR count). The maximum absolute atomic E-state index is 10.7. The minimum Gasteiger partial charge on any atom is -0.385 e. The van der Waals surface area contributed by atoms with Gasteiger partial charge in [-0.2, -0.15) is 5.26 Å². The lowest BCUT2D eigenvalue weighted by molar-refractivity contribution is 0.0576. The van der Waals surface area contributed by atoms with E-state index in [1.807, 2.05) is 0 Å². The van der Waals surface area contributed by atoms with Crippen molar-refractivity contribution in [1.29, 1.82) is 5.26 Å². The first-order valence-corrected chi connectivity index (χ1v) is 6.85. The summed E-state index contributed by atoms with van der Waals surface area (Å²) in [6, 6.07) is 14.2. The van der Waals surface area contributed by atoms with Crippen LogP contribution in [0.3, 0.4) is 0 Å². The van der Waals surface area contributed by atoms with Gasteiger partial charge in [0.2, 0.25) is 0 Å². The molecule has 2 nitrogen and oxygen atoms in total. The molecule has 102 valence electrons. The highest BCUT2D eigenvalue weighted by Gasteiger charge is 2.25.